The van der Waals surface area contributed by atoms with Crippen molar-refractivity contribution in [1.29, 1.82) is 0 Å². The highest BCUT2D eigenvalue weighted by Crippen LogP contribution is 2.45. The minimum absolute atomic E-state index is 0.101. The molecule has 0 radical (unpaired) electrons. The van der Waals surface area contributed by atoms with E-state index in [-0.39, 0.29) is 25.7 Å². The molecule has 0 aliphatic heterocycles. The maximum atomic E-state index is 13.0. The number of aliphatic hydroxyl groups is 1. The quantitative estimate of drug-likeness (QED) is 0.0222. The van der Waals surface area contributed by atoms with Crippen molar-refractivity contribution in [2.45, 2.75) is 363 Å². The van der Waals surface area contributed by atoms with Crippen LogP contribution in [0.5, 0.6) is 0 Å². The molecule has 8 atom stereocenters. The smallest absolute Gasteiger partial charge is 0.462 e. The Bertz CT molecular complexity index is 1770. The molecule has 0 amide bonds. The maximum Gasteiger partial charge on any atom is 0.472 e. The van der Waals surface area contributed by atoms with E-state index in [1.807, 2.05) is 0 Å². The summed E-state index contributed by atoms with van der Waals surface area (Å²) < 4.78 is 68.2. The van der Waals surface area contributed by atoms with Crippen molar-refractivity contribution in [3.8, 4) is 0 Å². The van der Waals surface area contributed by atoms with Crippen LogP contribution in [0.1, 0.15) is 344 Å². The number of hydrogen-bond donors (Lipinski definition) is 3. The van der Waals surface area contributed by atoms with E-state index in [1.54, 1.807) is 0 Å². The molecule has 0 aliphatic rings. The van der Waals surface area contributed by atoms with Gasteiger partial charge in [0.25, 0.3) is 0 Å². The first-order valence-electron chi connectivity index (χ1n) is 36.3. The Balaban J connectivity index is 5.21. The molecule has 528 valence electrons. The first-order chi connectivity index (χ1) is 42.7. The van der Waals surface area contributed by atoms with E-state index in [4.69, 9.17) is 37.0 Å². The van der Waals surface area contributed by atoms with Crippen LogP contribution < -0.4 is 0 Å². The monoisotopic (exact) mass is 1310 g/mol. The van der Waals surface area contributed by atoms with Crippen molar-refractivity contribution in [3.05, 3.63) is 0 Å². The molecule has 17 nitrogen and oxygen atoms in total. The fourth-order valence-electron chi connectivity index (χ4n) is 10.4. The van der Waals surface area contributed by atoms with E-state index in [0.29, 0.717) is 31.6 Å². The zero-order chi connectivity index (χ0) is 66.1. The van der Waals surface area contributed by atoms with E-state index in [1.165, 1.54) is 141 Å². The van der Waals surface area contributed by atoms with Crippen molar-refractivity contribution in [3.63, 3.8) is 0 Å². The molecule has 0 heterocycles. The van der Waals surface area contributed by atoms with Crippen LogP contribution >= 0.6 is 15.6 Å². The zero-order valence-corrected chi connectivity index (χ0v) is 59.8. The summed E-state index contributed by atoms with van der Waals surface area (Å²) >= 11 is 0. The fourth-order valence-corrected chi connectivity index (χ4v) is 12.0. The van der Waals surface area contributed by atoms with Crippen LogP contribution in [-0.4, -0.2) is 96.7 Å². The van der Waals surface area contributed by atoms with E-state index >= 15 is 0 Å². The summed E-state index contributed by atoms with van der Waals surface area (Å²) in [4.78, 5) is 72.5. The average Bonchev–Trinajstić information content (AvgIpc) is 3.69. The number of esters is 4. The third-order valence-electron chi connectivity index (χ3n) is 17.2. The third-order valence-corrected chi connectivity index (χ3v) is 19.1. The Kier molecular flexibility index (Phi) is 58.5. The second-order valence-electron chi connectivity index (χ2n) is 26.5. The van der Waals surface area contributed by atoms with Crippen molar-refractivity contribution in [2.75, 3.05) is 39.6 Å². The van der Waals surface area contributed by atoms with Gasteiger partial charge in [0.15, 0.2) is 12.2 Å². The van der Waals surface area contributed by atoms with Gasteiger partial charge >= 0.3 is 39.5 Å². The number of carbonyl (C=O) groups excluding carboxylic acids is 4. The Labute approximate surface area is 543 Å². The second kappa shape index (κ2) is 59.8. The van der Waals surface area contributed by atoms with Gasteiger partial charge in [0.2, 0.25) is 0 Å². The number of hydrogen-bond acceptors (Lipinski definition) is 15. The molecular weight excluding hydrogens is 1170 g/mol. The van der Waals surface area contributed by atoms with Gasteiger partial charge in [0, 0.05) is 25.7 Å². The molecule has 0 saturated heterocycles. The first kappa shape index (κ1) is 87.1. The summed E-state index contributed by atoms with van der Waals surface area (Å²) in [5, 5.41) is 10.6. The van der Waals surface area contributed by atoms with Crippen molar-refractivity contribution >= 4 is 39.5 Å². The zero-order valence-electron chi connectivity index (χ0n) is 58.1. The minimum Gasteiger partial charge on any atom is -0.462 e. The normalized spacial score (nSPS) is 15.2. The Morgan fingerprint density at radius 3 is 0.798 bits per heavy atom. The van der Waals surface area contributed by atoms with Crippen LogP contribution in [0.4, 0.5) is 0 Å². The van der Waals surface area contributed by atoms with Gasteiger partial charge in [-0.2, -0.15) is 0 Å². The molecule has 0 aromatic carbocycles. The van der Waals surface area contributed by atoms with Crippen LogP contribution in [0.3, 0.4) is 0 Å². The lowest BCUT2D eigenvalue weighted by Crippen LogP contribution is -2.30. The molecule has 89 heavy (non-hydrogen) atoms. The molecule has 5 unspecified atom stereocenters. The molecule has 0 aliphatic carbocycles. The molecular formula is C70H136O17P2. The Morgan fingerprint density at radius 2 is 0.539 bits per heavy atom. The van der Waals surface area contributed by atoms with Crippen LogP contribution in [0.25, 0.3) is 0 Å². The molecule has 0 fully saturated rings. The predicted octanol–water partition coefficient (Wildman–Crippen LogP) is 19.7. The molecule has 3 N–H and O–H groups in total. The summed E-state index contributed by atoms with van der Waals surface area (Å²) in [5.41, 5.74) is 0. The van der Waals surface area contributed by atoms with Crippen LogP contribution in [0, 0.1) is 23.7 Å². The molecule has 0 bridgehead atoms. The number of rotatable bonds is 67. The molecule has 0 aromatic heterocycles. The highest BCUT2D eigenvalue weighted by molar-refractivity contribution is 7.47. The summed E-state index contributed by atoms with van der Waals surface area (Å²) in [6.07, 6.45) is 41.8. The van der Waals surface area contributed by atoms with E-state index in [2.05, 4.69) is 55.4 Å². The van der Waals surface area contributed by atoms with Gasteiger partial charge in [0.05, 0.1) is 26.4 Å². The number of phosphoric acid groups is 2. The standard InChI is InChI=1S/C70H136O17P2/c1-9-61(6)47-39-31-22-18-16-14-12-13-15-17-19-25-36-44-52-69(74)86-65(57-81-68(73)51-43-35-29-27-33-41-49-63(8)11-3)58-84-88(76,77)82-54-64(71)55-83-89(78,79)85-59-66(87-70(75)53-45-37-28-26-30-38-46-60(4)5)56-80-67(72)50-42-34-24-21-20-23-32-40-48-62(7)10-2/h60-66,71H,9-59H2,1-8H3,(H,76,77)(H,78,79)/t61?,62?,63?,64-,65+,66+/m0/s1. The van der Waals surface area contributed by atoms with Gasteiger partial charge in [-0.1, -0.05) is 293 Å². The van der Waals surface area contributed by atoms with Gasteiger partial charge in [-0.15, -0.1) is 0 Å². The Hall–Kier alpha value is -1.94. The number of unbranched alkanes of at least 4 members (excludes halogenated alkanes) is 30. The average molecular weight is 1310 g/mol. The van der Waals surface area contributed by atoms with Gasteiger partial charge in [-0.05, 0) is 49.4 Å². The van der Waals surface area contributed by atoms with Crippen molar-refractivity contribution in [2.24, 2.45) is 23.7 Å². The molecule has 0 saturated carbocycles. The first-order valence-corrected chi connectivity index (χ1v) is 39.3. The molecule has 0 spiro atoms. The van der Waals surface area contributed by atoms with E-state index in [9.17, 15) is 43.2 Å². The van der Waals surface area contributed by atoms with Gasteiger partial charge in [-0.3, -0.25) is 37.3 Å². The van der Waals surface area contributed by atoms with Crippen molar-refractivity contribution < 1.29 is 80.2 Å². The third kappa shape index (κ3) is 60.7. The van der Waals surface area contributed by atoms with Crippen LogP contribution in [-0.2, 0) is 65.4 Å². The van der Waals surface area contributed by atoms with Gasteiger partial charge in [-0.25, -0.2) is 9.13 Å². The lowest BCUT2D eigenvalue weighted by atomic mass is 9.99. The summed E-state index contributed by atoms with van der Waals surface area (Å²) in [6.45, 7) is 14.1. The highest BCUT2D eigenvalue weighted by atomic mass is 31.2. The largest absolute Gasteiger partial charge is 0.472 e. The summed E-state index contributed by atoms with van der Waals surface area (Å²) in [5.74, 6) is 0.889. The minimum atomic E-state index is -4.95. The van der Waals surface area contributed by atoms with Crippen LogP contribution in [0.2, 0.25) is 0 Å². The summed E-state index contributed by atoms with van der Waals surface area (Å²) in [6, 6.07) is 0. The van der Waals surface area contributed by atoms with Gasteiger partial charge in [0.1, 0.15) is 19.3 Å². The second-order valence-corrected chi connectivity index (χ2v) is 29.4. The lowest BCUT2D eigenvalue weighted by molar-refractivity contribution is -0.161. The lowest BCUT2D eigenvalue weighted by Gasteiger charge is -2.21. The molecule has 0 aromatic rings. The highest BCUT2D eigenvalue weighted by Gasteiger charge is 2.30. The van der Waals surface area contributed by atoms with Gasteiger partial charge < -0.3 is 33.8 Å². The SMILES string of the molecule is CCC(C)CCCCCCCCCCCCCCCCC(=O)O[C@H](COC(=O)CCCCCCCCC(C)CC)COP(=O)(O)OC[C@H](O)COP(=O)(O)OC[C@@H](COC(=O)CCCCCCCCCCC(C)CC)OC(=O)CCCCCCCCC(C)C. The number of ether oxygens (including phenoxy) is 4. The number of aliphatic hydroxyl groups excluding tert-OH is 1. The number of phosphoric ester groups is 2. The molecule has 0 rings (SSSR count). The summed E-state index contributed by atoms with van der Waals surface area (Å²) in [7, 11) is -9.90. The topological polar surface area (TPSA) is 237 Å². The maximum absolute atomic E-state index is 13.0. The number of carbonyl (C=O) groups is 4. The van der Waals surface area contributed by atoms with Crippen LogP contribution in [0.15, 0.2) is 0 Å². The molecule has 19 heteroatoms. The van der Waals surface area contributed by atoms with E-state index in [0.717, 1.165) is 114 Å². The fraction of sp³-hybridized carbons (Fsp3) is 0.943. The Morgan fingerprint density at radius 1 is 0.315 bits per heavy atom. The van der Waals surface area contributed by atoms with Crippen molar-refractivity contribution in [1.82, 2.24) is 0 Å². The predicted molar refractivity (Wildman–Crippen MR) is 358 cm³/mol. The van der Waals surface area contributed by atoms with E-state index < -0.39 is 97.5 Å².